The number of pyridine rings is 1. The van der Waals surface area contributed by atoms with Gasteiger partial charge in [-0.05, 0) is 70.0 Å². The van der Waals surface area contributed by atoms with Gasteiger partial charge < -0.3 is 14.6 Å². The van der Waals surface area contributed by atoms with Gasteiger partial charge >= 0.3 is 0 Å². The van der Waals surface area contributed by atoms with Crippen LogP contribution in [0.1, 0.15) is 47.3 Å². The average molecular weight is 418 g/mol. The number of carbonyl (C=O) groups is 1. The summed E-state index contributed by atoms with van der Waals surface area (Å²) in [7, 11) is 0. The van der Waals surface area contributed by atoms with Gasteiger partial charge in [-0.2, -0.15) is 0 Å². The van der Waals surface area contributed by atoms with Crippen molar-refractivity contribution in [2.24, 2.45) is 0 Å². The zero-order valence-corrected chi connectivity index (χ0v) is 18.1. The van der Waals surface area contributed by atoms with Gasteiger partial charge in [0.25, 0.3) is 0 Å². The minimum atomic E-state index is -0.00395. The number of piperidine rings is 1. The van der Waals surface area contributed by atoms with E-state index in [2.05, 4.69) is 15.3 Å². The second-order valence-corrected chi connectivity index (χ2v) is 7.99. The first-order valence-electron chi connectivity index (χ1n) is 10.5. The number of nitrogens with zero attached hydrogens (tertiary/aromatic N) is 4. The predicted octanol–water partition coefficient (Wildman–Crippen LogP) is 4.55. The summed E-state index contributed by atoms with van der Waals surface area (Å²) in [6.45, 7) is 7.30. The van der Waals surface area contributed by atoms with Crippen molar-refractivity contribution in [1.29, 1.82) is 0 Å². The van der Waals surface area contributed by atoms with Crippen molar-refractivity contribution in [3.8, 4) is 0 Å². The zero-order chi connectivity index (χ0) is 21.8. The second-order valence-electron chi connectivity index (χ2n) is 7.99. The van der Waals surface area contributed by atoms with E-state index in [4.69, 9.17) is 9.40 Å². The summed E-state index contributed by atoms with van der Waals surface area (Å²) in [4.78, 5) is 28.2. The van der Waals surface area contributed by atoms with Crippen molar-refractivity contribution in [1.82, 2.24) is 19.9 Å². The molecule has 7 heteroatoms. The summed E-state index contributed by atoms with van der Waals surface area (Å²) < 4.78 is 5.27. The first-order valence-corrected chi connectivity index (χ1v) is 10.5. The van der Waals surface area contributed by atoms with Crippen LogP contribution < -0.4 is 5.32 Å². The third kappa shape index (κ3) is 5.36. The molecule has 0 unspecified atom stereocenters. The number of hydrogen-bond donors (Lipinski definition) is 1. The van der Waals surface area contributed by atoms with Gasteiger partial charge in [-0.15, -0.1) is 0 Å². The van der Waals surface area contributed by atoms with Gasteiger partial charge in [0.1, 0.15) is 5.76 Å². The van der Waals surface area contributed by atoms with Gasteiger partial charge in [-0.1, -0.05) is 0 Å². The molecule has 1 saturated heterocycles. The van der Waals surface area contributed by atoms with Gasteiger partial charge in [-0.3, -0.25) is 9.78 Å². The maximum Gasteiger partial charge on any atom is 0.246 e. The maximum atomic E-state index is 12.7. The lowest BCUT2D eigenvalue weighted by Gasteiger charge is -2.32. The van der Waals surface area contributed by atoms with E-state index in [1.165, 1.54) is 0 Å². The fourth-order valence-corrected chi connectivity index (χ4v) is 3.95. The molecule has 3 aromatic heterocycles. The van der Waals surface area contributed by atoms with Crippen LogP contribution in [0.25, 0.3) is 6.08 Å². The number of nitrogens with one attached hydrogen (secondary N) is 1. The maximum absolute atomic E-state index is 12.7. The lowest BCUT2D eigenvalue weighted by molar-refractivity contribution is -0.127. The van der Waals surface area contributed by atoms with Crippen molar-refractivity contribution in [2.45, 2.75) is 39.5 Å². The Morgan fingerprint density at radius 1 is 1.13 bits per heavy atom. The van der Waals surface area contributed by atoms with Crippen molar-refractivity contribution in [3.05, 3.63) is 71.2 Å². The van der Waals surface area contributed by atoms with Crippen LogP contribution >= 0.6 is 0 Å². The molecular formula is C24H27N5O2. The van der Waals surface area contributed by atoms with E-state index < -0.39 is 0 Å². The predicted molar refractivity (Wildman–Crippen MR) is 120 cm³/mol. The highest BCUT2D eigenvalue weighted by atomic mass is 16.3. The minimum absolute atomic E-state index is 0.00395. The summed E-state index contributed by atoms with van der Waals surface area (Å²) in [5.74, 6) is 1.44. The van der Waals surface area contributed by atoms with Crippen LogP contribution in [0.3, 0.4) is 0 Å². The van der Waals surface area contributed by atoms with Crippen LogP contribution in [0, 0.1) is 20.8 Å². The Balaban J connectivity index is 1.48. The Bertz CT molecular complexity index is 1070. The molecule has 1 fully saturated rings. The molecule has 1 N–H and O–H groups in total. The molecule has 3 aromatic rings. The van der Waals surface area contributed by atoms with Gasteiger partial charge in [0.2, 0.25) is 11.9 Å². The summed E-state index contributed by atoms with van der Waals surface area (Å²) in [6, 6.07) is 9.61. The van der Waals surface area contributed by atoms with Crippen LogP contribution in [-0.2, 0) is 4.79 Å². The summed E-state index contributed by atoms with van der Waals surface area (Å²) in [5, 5.41) is 3.31. The lowest BCUT2D eigenvalue weighted by atomic mass is 9.93. The number of amides is 1. The summed E-state index contributed by atoms with van der Waals surface area (Å²) >= 11 is 0. The van der Waals surface area contributed by atoms with Crippen molar-refractivity contribution < 1.29 is 9.21 Å². The Morgan fingerprint density at radius 2 is 1.90 bits per heavy atom. The number of aryl methyl sites for hydroxylation is 3. The molecule has 0 aliphatic carbocycles. The normalized spacial score (nSPS) is 16.6. The number of aromatic nitrogens is 3. The molecule has 1 aliphatic rings. The molecule has 0 saturated carbocycles. The molecule has 7 nitrogen and oxygen atoms in total. The first kappa shape index (κ1) is 20.8. The highest BCUT2D eigenvalue weighted by molar-refractivity contribution is 5.91. The molecule has 0 spiro atoms. The smallest absolute Gasteiger partial charge is 0.246 e. The molecular weight excluding hydrogens is 390 g/mol. The highest BCUT2D eigenvalue weighted by Crippen LogP contribution is 2.28. The lowest BCUT2D eigenvalue weighted by Crippen LogP contribution is -2.38. The minimum Gasteiger partial charge on any atom is -0.465 e. The van der Waals surface area contributed by atoms with Crippen molar-refractivity contribution in [3.63, 3.8) is 0 Å². The monoisotopic (exact) mass is 417 g/mol. The van der Waals surface area contributed by atoms with Gasteiger partial charge in [0, 0.05) is 53.5 Å². The van der Waals surface area contributed by atoms with Crippen LogP contribution in [0.15, 0.2) is 47.1 Å². The van der Waals surface area contributed by atoms with E-state index >= 15 is 0 Å². The Morgan fingerprint density at radius 3 is 2.65 bits per heavy atom. The van der Waals surface area contributed by atoms with E-state index in [1.54, 1.807) is 24.5 Å². The standard InChI is InChI=1S/C24H27N5O2/c1-16-12-17(2)27-24(26-16)28-20-13-18(3)25-22(14-20)19-6-4-10-29(15-19)23(30)9-8-21-7-5-11-31-21/h5,7-9,11-14,19H,4,6,10,15H2,1-3H3,(H,25,26,27,28)/b9-8+/t19-/m1/s1. The van der Waals surface area contributed by atoms with Crippen LogP contribution in [0.5, 0.6) is 0 Å². The molecule has 1 amide bonds. The SMILES string of the molecule is Cc1cc(Nc2nc(C)cc(C)n2)cc([C@@H]2CCCN(C(=O)/C=C/c3ccco3)C2)n1. The van der Waals surface area contributed by atoms with E-state index in [-0.39, 0.29) is 11.8 Å². The van der Waals surface area contributed by atoms with Gasteiger partial charge in [0.05, 0.1) is 6.26 Å². The molecule has 0 aromatic carbocycles. The molecule has 0 radical (unpaired) electrons. The Kier molecular flexibility index (Phi) is 6.11. The van der Waals surface area contributed by atoms with Crippen LogP contribution in [0.4, 0.5) is 11.6 Å². The third-order valence-electron chi connectivity index (χ3n) is 5.30. The topological polar surface area (TPSA) is 84.2 Å². The van der Waals surface area contributed by atoms with E-state index in [9.17, 15) is 4.79 Å². The van der Waals surface area contributed by atoms with Crippen LogP contribution in [-0.4, -0.2) is 38.8 Å². The number of likely N-dealkylation sites (tertiary alicyclic amines) is 1. The summed E-state index contributed by atoms with van der Waals surface area (Å²) in [6.07, 6.45) is 6.84. The average Bonchev–Trinajstić information content (AvgIpc) is 3.24. The highest BCUT2D eigenvalue weighted by Gasteiger charge is 2.25. The number of furan rings is 1. The van der Waals surface area contributed by atoms with E-state index in [0.717, 1.165) is 47.8 Å². The number of hydrogen-bond acceptors (Lipinski definition) is 6. The molecule has 4 heterocycles. The molecule has 1 aliphatic heterocycles. The molecule has 31 heavy (non-hydrogen) atoms. The number of anilines is 2. The van der Waals surface area contributed by atoms with Crippen molar-refractivity contribution >= 4 is 23.6 Å². The van der Waals surface area contributed by atoms with E-state index in [0.29, 0.717) is 18.3 Å². The fraction of sp³-hybridized carbons (Fsp3) is 0.333. The fourth-order valence-electron chi connectivity index (χ4n) is 3.95. The Labute approximate surface area is 182 Å². The molecule has 0 bridgehead atoms. The summed E-state index contributed by atoms with van der Waals surface area (Å²) in [5.41, 5.74) is 4.66. The molecule has 4 rings (SSSR count). The van der Waals surface area contributed by atoms with Crippen molar-refractivity contribution in [2.75, 3.05) is 18.4 Å². The van der Waals surface area contributed by atoms with Gasteiger partial charge in [-0.25, -0.2) is 9.97 Å². The van der Waals surface area contributed by atoms with Gasteiger partial charge in [0.15, 0.2) is 0 Å². The molecule has 1 atom stereocenters. The van der Waals surface area contributed by atoms with Crippen LogP contribution in [0.2, 0.25) is 0 Å². The quantitative estimate of drug-likeness (QED) is 0.613. The largest absolute Gasteiger partial charge is 0.465 e. The molecule has 160 valence electrons. The first-order chi connectivity index (χ1) is 15.0. The second kappa shape index (κ2) is 9.12. The number of rotatable bonds is 5. The third-order valence-corrected chi connectivity index (χ3v) is 5.30. The van der Waals surface area contributed by atoms with E-state index in [1.807, 2.05) is 49.9 Å². The zero-order valence-electron chi connectivity index (χ0n) is 18.1. The number of carbonyl (C=O) groups excluding carboxylic acids is 1. The Hall–Kier alpha value is -3.48.